The molecule has 2 rings (SSSR count). The van der Waals surface area contributed by atoms with Crippen molar-refractivity contribution in [3.8, 4) is 12.3 Å². The number of nitrogens with zero attached hydrogens (tertiary/aromatic N) is 2. The van der Waals surface area contributed by atoms with Gasteiger partial charge in [-0.05, 0) is 30.3 Å². The highest BCUT2D eigenvalue weighted by Crippen LogP contribution is 2.09. The van der Waals surface area contributed by atoms with Crippen molar-refractivity contribution in [1.82, 2.24) is 15.6 Å². The molecule has 128 valence electrons. The van der Waals surface area contributed by atoms with Gasteiger partial charge >= 0.3 is 0 Å². The monoisotopic (exact) mass is 335 g/mol. The summed E-state index contributed by atoms with van der Waals surface area (Å²) in [7, 11) is 1.66. The van der Waals surface area contributed by atoms with Crippen molar-refractivity contribution in [2.45, 2.75) is 6.42 Å². The fraction of sp³-hybridized carbons (Fsp3) is 0.211. The minimum absolute atomic E-state index is 0.101. The molecule has 0 saturated heterocycles. The van der Waals surface area contributed by atoms with Gasteiger partial charge in [0, 0.05) is 43.2 Å². The maximum absolute atomic E-state index is 12.0. The normalized spacial score (nSPS) is 10.6. The Bertz CT molecular complexity index is 765. The van der Waals surface area contributed by atoms with Crippen LogP contribution in [0.3, 0.4) is 0 Å². The van der Waals surface area contributed by atoms with E-state index in [1.54, 1.807) is 37.5 Å². The van der Waals surface area contributed by atoms with E-state index in [1.165, 1.54) is 0 Å². The van der Waals surface area contributed by atoms with E-state index in [2.05, 4.69) is 31.8 Å². The summed E-state index contributed by atoms with van der Waals surface area (Å²) < 4.78 is 0. The number of amides is 1. The van der Waals surface area contributed by atoms with E-state index in [0.717, 1.165) is 17.7 Å². The predicted octanol–water partition coefficient (Wildman–Crippen LogP) is 1.41. The molecule has 0 bridgehead atoms. The van der Waals surface area contributed by atoms with Crippen LogP contribution in [0.1, 0.15) is 11.3 Å². The van der Waals surface area contributed by atoms with Crippen LogP contribution in [-0.2, 0) is 11.2 Å². The molecule has 2 aromatic rings. The lowest BCUT2D eigenvalue weighted by Gasteiger charge is -2.12. The first kappa shape index (κ1) is 18.0. The van der Waals surface area contributed by atoms with Crippen LogP contribution in [0.25, 0.3) is 0 Å². The Balaban J connectivity index is 1.74. The molecule has 1 aromatic carbocycles. The molecule has 1 heterocycles. The molecule has 0 spiro atoms. The molecule has 0 saturated carbocycles. The van der Waals surface area contributed by atoms with Gasteiger partial charge in [-0.1, -0.05) is 18.1 Å². The Morgan fingerprint density at radius 3 is 2.84 bits per heavy atom. The lowest BCUT2D eigenvalue weighted by atomic mass is 10.2. The molecule has 0 atom stereocenters. The number of anilines is 1. The highest BCUT2D eigenvalue weighted by atomic mass is 16.1. The van der Waals surface area contributed by atoms with Crippen LogP contribution < -0.4 is 16.0 Å². The van der Waals surface area contributed by atoms with Gasteiger partial charge in [0.25, 0.3) is 0 Å². The first-order valence-corrected chi connectivity index (χ1v) is 7.92. The van der Waals surface area contributed by atoms with Crippen molar-refractivity contribution in [1.29, 1.82) is 0 Å². The second-order valence-electron chi connectivity index (χ2n) is 5.20. The summed E-state index contributed by atoms with van der Waals surface area (Å²) in [5.41, 5.74) is 2.38. The number of nitrogens with one attached hydrogen (secondary N) is 3. The maximum Gasteiger partial charge on any atom is 0.243 e. The number of benzene rings is 1. The molecule has 0 unspecified atom stereocenters. The van der Waals surface area contributed by atoms with E-state index < -0.39 is 0 Å². The number of carbonyl (C=O) groups excluding carboxylic acids is 1. The maximum atomic E-state index is 12.0. The number of guanidine groups is 1. The minimum atomic E-state index is -0.179. The molecule has 0 aliphatic heterocycles. The van der Waals surface area contributed by atoms with Crippen LogP contribution in [0.4, 0.5) is 5.69 Å². The highest BCUT2D eigenvalue weighted by molar-refractivity contribution is 5.95. The van der Waals surface area contributed by atoms with Gasteiger partial charge in [-0.15, -0.1) is 6.42 Å². The van der Waals surface area contributed by atoms with Crippen LogP contribution in [0.15, 0.2) is 53.7 Å². The first-order chi connectivity index (χ1) is 12.2. The Kier molecular flexibility index (Phi) is 7.01. The van der Waals surface area contributed by atoms with Crippen molar-refractivity contribution in [2.24, 2.45) is 4.99 Å². The third kappa shape index (κ3) is 6.36. The average molecular weight is 335 g/mol. The van der Waals surface area contributed by atoms with Crippen molar-refractivity contribution >= 4 is 17.6 Å². The predicted molar refractivity (Wildman–Crippen MR) is 100 cm³/mol. The number of terminal acetylenes is 1. The molecule has 6 nitrogen and oxygen atoms in total. The zero-order chi connectivity index (χ0) is 17.9. The van der Waals surface area contributed by atoms with Crippen LogP contribution in [0.5, 0.6) is 0 Å². The fourth-order valence-corrected chi connectivity index (χ4v) is 2.13. The number of aromatic nitrogens is 1. The van der Waals surface area contributed by atoms with Gasteiger partial charge in [0.15, 0.2) is 5.96 Å². The van der Waals surface area contributed by atoms with E-state index in [9.17, 15) is 4.79 Å². The number of rotatable bonds is 6. The molecule has 0 aliphatic carbocycles. The highest BCUT2D eigenvalue weighted by Gasteiger charge is 2.05. The van der Waals surface area contributed by atoms with Crippen molar-refractivity contribution in [3.63, 3.8) is 0 Å². The largest absolute Gasteiger partial charge is 0.356 e. The van der Waals surface area contributed by atoms with Crippen LogP contribution in [-0.4, -0.2) is 37.0 Å². The summed E-state index contributed by atoms with van der Waals surface area (Å²) in [4.78, 5) is 20.4. The molecule has 3 N–H and O–H groups in total. The summed E-state index contributed by atoms with van der Waals surface area (Å²) in [6.45, 7) is 0.770. The number of pyridine rings is 1. The Morgan fingerprint density at radius 1 is 1.24 bits per heavy atom. The summed E-state index contributed by atoms with van der Waals surface area (Å²) in [6.07, 6.45) is 7.89. The van der Waals surface area contributed by atoms with Crippen LogP contribution >= 0.6 is 0 Å². The fourth-order valence-electron chi connectivity index (χ4n) is 2.13. The number of carbonyl (C=O) groups is 1. The zero-order valence-corrected chi connectivity index (χ0v) is 14.1. The number of hydrogen-bond acceptors (Lipinski definition) is 3. The molecular weight excluding hydrogens is 314 g/mol. The second-order valence-corrected chi connectivity index (χ2v) is 5.20. The van der Waals surface area contributed by atoms with E-state index in [4.69, 9.17) is 6.42 Å². The van der Waals surface area contributed by atoms with Gasteiger partial charge in [0.2, 0.25) is 5.91 Å². The average Bonchev–Trinajstić information content (AvgIpc) is 2.65. The Morgan fingerprint density at radius 2 is 2.12 bits per heavy atom. The molecule has 0 radical (unpaired) electrons. The van der Waals surface area contributed by atoms with Crippen molar-refractivity contribution in [3.05, 3.63) is 59.9 Å². The SMILES string of the molecule is C#Cc1cccc(NC(=O)CNC(=NC)NCCc2ccccn2)c1. The van der Waals surface area contributed by atoms with E-state index in [1.807, 2.05) is 18.2 Å². The Labute approximate surface area is 147 Å². The molecule has 1 aromatic heterocycles. The quantitative estimate of drug-likeness (QED) is 0.424. The summed E-state index contributed by atoms with van der Waals surface area (Å²) >= 11 is 0. The van der Waals surface area contributed by atoms with Gasteiger partial charge in [-0.25, -0.2) is 0 Å². The smallest absolute Gasteiger partial charge is 0.243 e. The van der Waals surface area contributed by atoms with E-state index >= 15 is 0 Å². The van der Waals surface area contributed by atoms with Crippen LogP contribution in [0, 0.1) is 12.3 Å². The van der Waals surface area contributed by atoms with Gasteiger partial charge in [0.1, 0.15) is 0 Å². The molecule has 0 fully saturated rings. The van der Waals surface area contributed by atoms with E-state index in [-0.39, 0.29) is 12.5 Å². The summed E-state index contributed by atoms with van der Waals surface area (Å²) in [6, 6.07) is 13.0. The standard InChI is InChI=1S/C19H21N5O/c1-3-15-7-6-9-17(13-15)24-18(25)14-23-19(20-2)22-12-10-16-8-4-5-11-21-16/h1,4-9,11,13H,10,12,14H2,2H3,(H,24,25)(H2,20,22,23). The molecule has 25 heavy (non-hydrogen) atoms. The third-order valence-corrected chi connectivity index (χ3v) is 3.35. The van der Waals surface area contributed by atoms with E-state index in [0.29, 0.717) is 18.2 Å². The first-order valence-electron chi connectivity index (χ1n) is 7.92. The molecular formula is C19H21N5O. The molecule has 0 aliphatic rings. The third-order valence-electron chi connectivity index (χ3n) is 3.35. The topological polar surface area (TPSA) is 78.4 Å². The van der Waals surface area contributed by atoms with Crippen LogP contribution in [0.2, 0.25) is 0 Å². The summed E-state index contributed by atoms with van der Waals surface area (Å²) in [5, 5.41) is 8.91. The summed E-state index contributed by atoms with van der Waals surface area (Å²) in [5.74, 6) is 2.92. The van der Waals surface area contributed by atoms with Crippen molar-refractivity contribution in [2.75, 3.05) is 25.5 Å². The lowest BCUT2D eigenvalue weighted by Crippen LogP contribution is -2.42. The van der Waals surface area contributed by atoms with Crippen molar-refractivity contribution < 1.29 is 4.79 Å². The van der Waals surface area contributed by atoms with Gasteiger partial charge < -0.3 is 16.0 Å². The minimum Gasteiger partial charge on any atom is -0.356 e. The zero-order valence-electron chi connectivity index (χ0n) is 14.1. The number of hydrogen-bond donors (Lipinski definition) is 3. The van der Waals surface area contributed by atoms with Gasteiger partial charge in [-0.2, -0.15) is 0 Å². The molecule has 1 amide bonds. The van der Waals surface area contributed by atoms with Gasteiger partial charge in [0.05, 0.1) is 6.54 Å². The van der Waals surface area contributed by atoms with Gasteiger partial charge in [-0.3, -0.25) is 14.8 Å². The number of aliphatic imine (C=N–C) groups is 1. The second kappa shape index (κ2) is 9.73. The lowest BCUT2D eigenvalue weighted by molar-refractivity contribution is -0.115. The Hall–Kier alpha value is -3.33. The molecule has 6 heteroatoms.